The van der Waals surface area contributed by atoms with Gasteiger partial charge in [0.2, 0.25) is 0 Å². The molecule has 0 aromatic heterocycles. The van der Waals surface area contributed by atoms with Gasteiger partial charge >= 0.3 is 75.0 Å². The number of hydrogen-bond donors (Lipinski definition) is 3. The van der Waals surface area contributed by atoms with Gasteiger partial charge in [-0.05, 0) is 7.05 Å². The van der Waals surface area contributed by atoms with Gasteiger partial charge in [0.25, 0.3) is 0 Å². The van der Waals surface area contributed by atoms with Crippen molar-refractivity contribution in [3.05, 3.63) is 0 Å². The van der Waals surface area contributed by atoms with E-state index in [1.807, 2.05) is 0 Å². The third kappa shape index (κ3) is 124. The molecule has 0 aromatic carbocycles. The van der Waals surface area contributed by atoms with Gasteiger partial charge in [-0.3, -0.25) is 0 Å². The molecule has 4 N–H and O–H groups in total. The minimum absolute atomic E-state index is 0. The van der Waals surface area contributed by atoms with E-state index in [2.05, 4.69) is 5.73 Å². The van der Waals surface area contributed by atoms with Crippen LogP contribution in [-0.2, 0) is 0 Å². The number of rotatable bonds is 0. The zero-order valence-corrected chi connectivity index (χ0v) is 10.7. The molecule has 0 aliphatic heterocycles. The molecule has 0 rings (SSSR count). The zero-order valence-electron chi connectivity index (χ0n) is 5.38. The van der Waals surface area contributed by atoms with Crippen molar-refractivity contribution in [1.29, 1.82) is 0 Å². The van der Waals surface area contributed by atoms with E-state index in [-0.39, 0.29) is 70.3 Å². The zero-order chi connectivity index (χ0) is 5.58. The molecule has 0 spiro atoms. The first-order chi connectivity index (χ1) is 2.73. The van der Waals surface area contributed by atoms with Gasteiger partial charge in [-0.25, -0.2) is 4.79 Å². The number of carboxylic acid groups (broad SMARTS) is 2. The fourth-order valence-electron chi connectivity index (χ4n) is 0. The van der Waals surface area contributed by atoms with Crippen molar-refractivity contribution in [2.45, 2.75) is 0 Å². The molecule has 0 amide bonds. The SMILES string of the molecule is CN.O=C(O)O.[Cs+].[H-]. The van der Waals surface area contributed by atoms with Gasteiger partial charge in [0.15, 0.2) is 0 Å². The maximum absolute atomic E-state index is 8.56. The molecule has 0 saturated carbocycles. The fraction of sp³-hybridized carbons (Fsp3) is 0.500. The van der Waals surface area contributed by atoms with Gasteiger partial charge in [-0.1, -0.05) is 0 Å². The molecule has 0 atom stereocenters. The molecule has 5 heteroatoms. The summed E-state index contributed by atoms with van der Waals surface area (Å²) >= 11 is 0. The molecule has 40 valence electrons. The summed E-state index contributed by atoms with van der Waals surface area (Å²) in [5.74, 6) is 0. The first-order valence-electron chi connectivity index (χ1n) is 1.23. The Labute approximate surface area is 102 Å². The van der Waals surface area contributed by atoms with Crippen LogP contribution in [0.5, 0.6) is 0 Å². The third-order valence-electron chi connectivity index (χ3n) is 0. The van der Waals surface area contributed by atoms with E-state index >= 15 is 0 Å². The summed E-state index contributed by atoms with van der Waals surface area (Å²) in [6, 6.07) is 0. The predicted molar refractivity (Wildman–Crippen MR) is 21.9 cm³/mol. The predicted octanol–water partition coefficient (Wildman–Crippen LogP) is -3.09. The van der Waals surface area contributed by atoms with E-state index in [0.29, 0.717) is 0 Å². The number of hydrogen-bond acceptors (Lipinski definition) is 2. The molecule has 0 heterocycles. The average Bonchev–Trinajstić information content (AvgIpc) is 1.41. The quantitative estimate of drug-likeness (QED) is 0.409. The Kier molecular flexibility index (Phi) is 35.2. The topological polar surface area (TPSA) is 83.6 Å². The summed E-state index contributed by atoms with van der Waals surface area (Å²) in [7, 11) is 1.50. The van der Waals surface area contributed by atoms with Gasteiger partial charge in [0, 0.05) is 0 Å². The van der Waals surface area contributed by atoms with Crippen LogP contribution in [0, 0.1) is 0 Å². The smallest absolute Gasteiger partial charge is 1.00 e. The summed E-state index contributed by atoms with van der Waals surface area (Å²) in [5.41, 5.74) is 4.50. The Bertz CT molecular complexity index is 40.3. The van der Waals surface area contributed by atoms with Crippen molar-refractivity contribution in [2.24, 2.45) is 5.73 Å². The average molecular weight is 227 g/mol. The van der Waals surface area contributed by atoms with E-state index < -0.39 is 6.16 Å². The molecule has 0 unspecified atom stereocenters. The summed E-state index contributed by atoms with van der Waals surface area (Å²) in [4.78, 5) is 8.56. The molecule has 0 saturated heterocycles. The summed E-state index contributed by atoms with van der Waals surface area (Å²) in [6.45, 7) is 0. The first-order valence-corrected chi connectivity index (χ1v) is 1.23. The van der Waals surface area contributed by atoms with Crippen LogP contribution in [0.1, 0.15) is 1.43 Å². The van der Waals surface area contributed by atoms with Crippen LogP contribution >= 0.6 is 0 Å². The van der Waals surface area contributed by atoms with Crippen LogP contribution in [0.15, 0.2) is 0 Å². The number of carbonyl (C=O) groups is 1. The van der Waals surface area contributed by atoms with Crippen molar-refractivity contribution < 1.29 is 85.3 Å². The molecular weight excluding hydrogens is 219 g/mol. The molecule has 0 aromatic rings. The Morgan fingerprint density at radius 3 is 1.57 bits per heavy atom. The molecular formula is C2H8CsNO3. The van der Waals surface area contributed by atoms with Crippen molar-refractivity contribution in [2.75, 3.05) is 7.05 Å². The van der Waals surface area contributed by atoms with Gasteiger partial charge in [0.05, 0.1) is 0 Å². The van der Waals surface area contributed by atoms with Gasteiger partial charge < -0.3 is 17.4 Å². The van der Waals surface area contributed by atoms with E-state index in [9.17, 15) is 0 Å². The minimum Gasteiger partial charge on any atom is -1.00 e. The molecule has 0 radical (unpaired) electrons. The monoisotopic (exact) mass is 227 g/mol. The van der Waals surface area contributed by atoms with Crippen LogP contribution in [-0.4, -0.2) is 23.4 Å². The van der Waals surface area contributed by atoms with Crippen LogP contribution in [0.25, 0.3) is 0 Å². The summed E-state index contributed by atoms with van der Waals surface area (Å²) < 4.78 is 0. The van der Waals surface area contributed by atoms with Crippen LogP contribution < -0.4 is 74.6 Å². The Morgan fingerprint density at radius 2 is 1.57 bits per heavy atom. The molecule has 0 bridgehead atoms. The van der Waals surface area contributed by atoms with Crippen molar-refractivity contribution in [3.63, 3.8) is 0 Å². The molecule has 0 fully saturated rings. The maximum Gasteiger partial charge on any atom is 1.00 e. The Morgan fingerprint density at radius 1 is 1.57 bits per heavy atom. The van der Waals surface area contributed by atoms with Crippen LogP contribution in [0.2, 0.25) is 0 Å². The molecule has 0 aliphatic carbocycles. The normalized spacial score (nSPS) is 4.29. The Hall–Kier alpha value is 1.28. The molecule has 4 nitrogen and oxygen atoms in total. The van der Waals surface area contributed by atoms with Crippen LogP contribution in [0.3, 0.4) is 0 Å². The van der Waals surface area contributed by atoms with Gasteiger partial charge in [-0.2, -0.15) is 0 Å². The van der Waals surface area contributed by atoms with Crippen molar-refractivity contribution in [1.82, 2.24) is 0 Å². The van der Waals surface area contributed by atoms with Gasteiger partial charge in [-0.15, -0.1) is 0 Å². The largest absolute Gasteiger partial charge is 1.00 e. The molecule has 7 heavy (non-hydrogen) atoms. The second kappa shape index (κ2) is 15.7. The van der Waals surface area contributed by atoms with Crippen molar-refractivity contribution in [3.8, 4) is 0 Å². The second-order valence-electron chi connectivity index (χ2n) is 0.283. The standard InChI is InChI=1S/CH5N.CH2O3.Cs.H/c1-2;2-1(3)4;;/h2H2,1H3;(H2,2,3,4);;/q;;+1;-1. The summed E-state index contributed by atoms with van der Waals surface area (Å²) in [5, 5.41) is 13.9. The molecule has 0 aliphatic rings. The first kappa shape index (κ1) is 15.7. The van der Waals surface area contributed by atoms with Crippen molar-refractivity contribution >= 4 is 6.16 Å². The van der Waals surface area contributed by atoms with E-state index in [1.165, 1.54) is 7.05 Å². The van der Waals surface area contributed by atoms with E-state index in [4.69, 9.17) is 15.0 Å². The Balaban J connectivity index is -0.0000000183. The second-order valence-corrected chi connectivity index (χ2v) is 0.283. The summed E-state index contributed by atoms with van der Waals surface area (Å²) in [6.07, 6.45) is -1.83. The fourth-order valence-corrected chi connectivity index (χ4v) is 0. The van der Waals surface area contributed by atoms with Gasteiger partial charge in [0.1, 0.15) is 0 Å². The van der Waals surface area contributed by atoms with E-state index in [0.717, 1.165) is 0 Å². The third-order valence-corrected chi connectivity index (χ3v) is 0. The van der Waals surface area contributed by atoms with E-state index in [1.54, 1.807) is 0 Å². The maximum atomic E-state index is 8.56. The van der Waals surface area contributed by atoms with Crippen LogP contribution in [0.4, 0.5) is 4.79 Å². The number of nitrogens with two attached hydrogens (primary N) is 1. The minimum atomic E-state index is -1.83.